The van der Waals surface area contributed by atoms with Gasteiger partial charge in [-0.05, 0) is 80.7 Å². The van der Waals surface area contributed by atoms with E-state index in [4.69, 9.17) is 0 Å². The van der Waals surface area contributed by atoms with E-state index >= 15 is 0 Å². The molecule has 0 radical (unpaired) electrons. The molecule has 0 saturated heterocycles. The zero-order valence-corrected chi connectivity index (χ0v) is 17.4. The standard InChI is InChI=1S/C23H26N2O3S/c1-14(22(26)24-23-11-15-8-16(12-23)10-17(9-15)13-23)25-19-6-2-4-18-5-3-7-20(21(18)19)29(25,27)28/h2-7,14-17H,8-13H2,1H3,(H,24,26). The fourth-order valence-electron chi connectivity index (χ4n) is 7.07. The van der Waals surface area contributed by atoms with E-state index in [1.165, 1.54) is 23.6 Å². The van der Waals surface area contributed by atoms with Gasteiger partial charge in [-0.15, -0.1) is 0 Å². The van der Waals surface area contributed by atoms with Crippen LogP contribution in [0.15, 0.2) is 41.3 Å². The summed E-state index contributed by atoms with van der Waals surface area (Å²) in [4.78, 5) is 13.7. The molecule has 4 aliphatic carbocycles. The van der Waals surface area contributed by atoms with Crippen molar-refractivity contribution in [2.45, 2.75) is 61.9 Å². The molecule has 2 aromatic carbocycles. The predicted molar refractivity (Wildman–Crippen MR) is 112 cm³/mol. The minimum Gasteiger partial charge on any atom is -0.349 e. The Morgan fingerprint density at radius 3 is 2.24 bits per heavy atom. The van der Waals surface area contributed by atoms with Gasteiger partial charge in [0.1, 0.15) is 6.04 Å². The number of hydrogen-bond acceptors (Lipinski definition) is 3. The van der Waals surface area contributed by atoms with E-state index in [0.29, 0.717) is 10.6 Å². The number of anilines is 1. The topological polar surface area (TPSA) is 66.5 Å². The summed E-state index contributed by atoms with van der Waals surface area (Å²) in [6.07, 6.45) is 7.09. The van der Waals surface area contributed by atoms with Gasteiger partial charge < -0.3 is 5.32 Å². The number of carbonyl (C=O) groups excluding carboxylic acids is 1. The smallest absolute Gasteiger partial charge is 0.265 e. The van der Waals surface area contributed by atoms with E-state index in [0.717, 1.165) is 47.8 Å². The van der Waals surface area contributed by atoms with Gasteiger partial charge in [0.2, 0.25) is 5.91 Å². The van der Waals surface area contributed by atoms with Crippen LogP contribution in [0.1, 0.15) is 45.4 Å². The molecule has 152 valence electrons. The van der Waals surface area contributed by atoms with Crippen molar-refractivity contribution in [2.24, 2.45) is 17.8 Å². The van der Waals surface area contributed by atoms with E-state index < -0.39 is 16.1 Å². The molecule has 1 atom stereocenters. The zero-order chi connectivity index (χ0) is 20.0. The largest absolute Gasteiger partial charge is 0.349 e. The fraction of sp³-hybridized carbons (Fsp3) is 0.522. The lowest BCUT2D eigenvalue weighted by atomic mass is 9.53. The van der Waals surface area contributed by atoms with Crippen molar-refractivity contribution in [3.05, 3.63) is 36.4 Å². The van der Waals surface area contributed by atoms with E-state index in [2.05, 4.69) is 5.32 Å². The Labute approximate surface area is 171 Å². The maximum absolute atomic E-state index is 13.4. The van der Waals surface area contributed by atoms with E-state index in [9.17, 15) is 13.2 Å². The van der Waals surface area contributed by atoms with Crippen molar-refractivity contribution in [1.29, 1.82) is 0 Å². The van der Waals surface area contributed by atoms with E-state index in [1.54, 1.807) is 19.1 Å². The van der Waals surface area contributed by atoms with Gasteiger partial charge >= 0.3 is 0 Å². The van der Waals surface area contributed by atoms with Crippen LogP contribution in [-0.4, -0.2) is 25.9 Å². The molecular weight excluding hydrogens is 384 g/mol. The Balaban J connectivity index is 1.33. The Bertz CT molecular complexity index is 1100. The molecule has 1 N–H and O–H groups in total. The van der Waals surface area contributed by atoms with Gasteiger partial charge in [0, 0.05) is 10.9 Å². The molecule has 1 amide bonds. The minimum absolute atomic E-state index is 0.123. The van der Waals surface area contributed by atoms with Gasteiger partial charge in [-0.2, -0.15) is 0 Å². The molecular formula is C23H26N2O3S. The van der Waals surface area contributed by atoms with Crippen molar-refractivity contribution in [1.82, 2.24) is 5.32 Å². The number of hydrogen-bond donors (Lipinski definition) is 1. The summed E-state index contributed by atoms with van der Waals surface area (Å²) in [7, 11) is -3.74. The Kier molecular flexibility index (Phi) is 3.52. The van der Waals surface area contributed by atoms with Gasteiger partial charge in [-0.1, -0.05) is 24.3 Å². The highest BCUT2D eigenvalue weighted by Gasteiger charge is 2.52. The van der Waals surface area contributed by atoms with Crippen molar-refractivity contribution in [3.63, 3.8) is 0 Å². The third-order valence-corrected chi connectivity index (χ3v) is 9.70. The normalized spacial score (nSPS) is 34.5. The Morgan fingerprint density at radius 1 is 1.03 bits per heavy atom. The first kappa shape index (κ1) is 17.8. The summed E-state index contributed by atoms with van der Waals surface area (Å²) in [5.74, 6) is 2.02. The van der Waals surface area contributed by atoms with Gasteiger partial charge in [-0.3, -0.25) is 9.10 Å². The second-order valence-corrected chi connectivity index (χ2v) is 11.6. The quantitative estimate of drug-likeness (QED) is 0.836. The second-order valence-electron chi connectivity index (χ2n) is 9.80. The van der Waals surface area contributed by atoms with E-state index in [1.807, 2.05) is 24.3 Å². The van der Waals surface area contributed by atoms with Crippen LogP contribution in [0.4, 0.5) is 5.69 Å². The molecule has 1 heterocycles. The highest BCUT2D eigenvalue weighted by Crippen LogP contribution is 2.55. The Hall–Kier alpha value is -2.08. The summed E-state index contributed by atoms with van der Waals surface area (Å²) < 4.78 is 28.0. The number of nitrogens with one attached hydrogen (secondary N) is 1. The Morgan fingerprint density at radius 2 is 1.62 bits per heavy atom. The van der Waals surface area contributed by atoms with Crippen LogP contribution < -0.4 is 9.62 Å². The SMILES string of the molecule is CC(C(=O)NC12CC3CC(CC(C3)C1)C2)N1c2cccc3cccc(c23)S1(=O)=O. The molecule has 7 rings (SSSR count). The molecule has 0 aromatic heterocycles. The van der Waals surface area contributed by atoms with Crippen LogP contribution in [0.2, 0.25) is 0 Å². The predicted octanol–water partition coefficient (Wildman–Crippen LogP) is 3.82. The summed E-state index contributed by atoms with van der Waals surface area (Å²) in [6, 6.07) is 10.1. The van der Waals surface area contributed by atoms with Gasteiger partial charge in [0.05, 0.1) is 10.6 Å². The monoisotopic (exact) mass is 410 g/mol. The van der Waals surface area contributed by atoms with Crippen LogP contribution in [0.5, 0.6) is 0 Å². The lowest BCUT2D eigenvalue weighted by Gasteiger charge is -2.57. The van der Waals surface area contributed by atoms with Gasteiger partial charge in [0.15, 0.2) is 0 Å². The van der Waals surface area contributed by atoms with Gasteiger partial charge in [0.25, 0.3) is 10.0 Å². The average molecular weight is 411 g/mol. The van der Waals surface area contributed by atoms with Crippen molar-refractivity contribution in [2.75, 3.05) is 4.31 Å². The summed E-state index contributed by atoms with van der Waals surface area (Å²) in [5.41, 5.74) is 0.494. The lowest BCUT2D eigenvalue weighted by Crippen LogP contribution is -2.62. The maximum atomic E-state index is 13.4. The summed E-state index contributed by atoms with van der Waals surface area (Å²) in [6.45, 7) is 1.72. The number of nitrogens with zero attached hydrogens (tertiary/aromatic N) is 1. The average Bonchev–Trinajstić information content (AvgIpc) is 2.88. The molecule has 4 saturated carbocycles. The molecule has 29 heavy (non-hydrogen) atoms. The summed E-state index contributed by atoms with van der Waals surface area (Å²) >= 11 is 0. The first-order valence-electron chi connectivity index (χ1n) is 10.7. The highest BCUT2D eigenvalue weighted by atomic mass is 32.2. The summed E-state index contributed by atoms with van der Waals surface area (Å²) in [5, 5.41) is 4.97. The number of benzene rings is 2. The number of sulfonamides is 1. The maximum Gasteiger partial charge on any atom is 0.265 e. The lowest BCUT2D eigenvalue weighted by molar-refractivity contribution is -0.127. The van der Waals surface area contributed by atoms with Crippen molar-refractivity contribution >= 4 is 32.4 Å². The zero-order valence-electron chi connectivity index (χ0n) is 16.6. The first-order chi connectivity index (χ1) is 13.9. The molecule has 4 fully saturated rings. The van der Waals surface area contributed by atoms with Crippen molar-refractivity contribution in [3.8, 4) is 0 Å². The third kappa shape index (κ3) is 2.44. The third-order valence-electron chi connectivity index (χ3n) is 7.78. The molecule has 0 spiro atoms. The van der Waals surface area contributed by atoms with Crippen LogP contribution in [0.25, 0.3) is 10.8 Å². The molecule has 5 nitrogen and oxygen atoms in total. The molecule has 4 bridgehead atoms. The molecule has 1 unspecified atom stereocenters. The molecule has 1 aliphatic heterocycles. The van der Waals surface area contributed by atoms with E-state index in [-0.39, 0.29) is 11.4 Å². The molecule has 2 aromatic rings. The molecule has 6 heteroatoms. The van der Waals surface area contributed by atoms with Crippen molar-refractivity contribution < 1.29 is 13.2 Å². The van der Waals surface area contributed by atoms with Crippen LogP contribution in [0.3, 0.4) is 0 Å². The first-order valence-corrected chi connectivity index (χ1v) is 12.2. The molecule has 5 aliphatic rings. The van der Waals surface area contributed by atoms with Crippen LogP contribution in [0, 0.1) is 17.8 Å². The number of rotatable bonds is 3. The van der Waals surface area contributed by atoms with Crippen LogP contribution >= 0.6 is 0 Å². The number of carbonyl (C=O) groups is 1. The number of amides is 1. The minimum atomic E-state index is -3.74. The van der Waals surface area contributed by atoms with Gasteiger partial charge in [-0.25, -0.2) is 8.42 Å². The second kappa shape index (κ2) is 5.75. The highest BCUT2D eigenvalue weighted by molar-refractivity contribution is 7.93. The van der Waals surface area contributed by atoms with Crippen LogP contribution in [-0.2, 0) is 14.8 Å². The fourth-order valence-corrected chi connectivity index (χ4v) is 8.94.